The van der Waals surface area contributed by atoms with Gasteiger partial charge in [0, 0.05) is 6.54 Å². The van der Waals surface area contributed by atoms with Gasteiger partial charge in [-0.3, -0.25) is 19.1 Å². The summed E-state index contributed by atoms with van der Waals surface area (Å²) in [7, 11) is 1.44. The van der Waals surface area contributed by atoms with E-state index in [1.807, 2.05) is 6.07 Å². The Kier molecular flexibility index (Phi) is 6.12. The van der Waals surface area contributed by atoms with E-state index >= 15 is 0 Å². The molecule has 2 heterocycles. The lowest BCUT2D eigenvalue weighted by Crippen LogP contribution is -2.29. The summed E-state index contributed by atoms with van der Waals surface area (Å²) in [6, 6.07) is 18.6. The number of nitrogens with zero attached hydrogens (tertiary/aromatic N) is 2. The predicted octanol–water partition coefficient (Wildman–Crippen LogP) is 3.65. The molecule has 0 saturated carbocycles. The molecule has 1 aliphatic rings. The van der Waals surface area contributed by atoms with Crippen LogP contribution in [0.15, 0.2) is 75.9 Å². The molecular weight excluding hydrogens is 464 g/mol. The fraction of sp³-hybridized carbons (Fsp3) is 0.185. The molecule has 0 spiro atoms. The normalized spacial score (nSPS) is 12.8. The minimum Gasteiger partial charge on any atom is -0.496 e. The Morgan fingerprint density at radius 1 is 0.917 bits per heavy atom. The molecule has 0 bridgehead atoms. The molecule has 36 heavy (non-hydrogen) atoms. The van der Waals surface area contributed by atoms with Crippen LogP contribution >= 0.6 is 0 Å². The Morgan fingerprint density at radius 2 is 1.61 bits per heavy atom. The van der Waals surface area contributed by atoms with Crippen molar-refractivity contribution in [3.63, 3.8) is 0 Å². The standard InChI is InChI=1S/C27H22N2O7/c1-34-22-12-11-17(16-29-24(30)18-7-2-3-8-19(18)25(29)31)15-20(22)26(32)35-14-6-13-28-21-9-4-5-10-23(21)36-27(28)33/h2-5,7-12,15H,6,13-14,16H2,1H3. The van der Waals surface area contributed by atoms with Gasteiger partial charge in [0.05, 0.1) is 36.9 Å². The van der Waals surface area contributed by atoms with Crippen molar-refractivity contribution in [1.82, 2.24) is 9.47 Å². The van der Waals surface area contributed by atoms with Crippen LogP contribution in [-0.4, -0.2) is 41.0 Å². The molecule has 0 aliphatic carbocycles. The number of aromatic nitrogens is 1. The number of imide groups is 1. The quantitative estimate of drug-likeness (QED) is 0.213. The molecule has 1 aliphatic heterocycles. The van der Waals surface area contributed by atoms with Gasteiger partial charge in [-0.2, -0.15) is 0 Å². The smallest absolute Gasteiger partial charge is 0.419 e. The largest absolute Gasteiger partial charge is 0.496 e. The number of para-hydroxylation sites is 2. The zero-order valence-corrected chi connectivity index (χ0v) is 19.4. The van der Waals surface area contributed by atoms with E-state index in [1.54, 1.807) is 60.7 Å². The Hall–Kier alpha value is -4.66. The third-order valence-electron chi connectivity index (χ3n) is 6.04. The van der Waals surface area contributed by atoms with E-state index in [4.69, 9.17) is 13.9 Å². The Morgan fingerprint density at radius 3 is 2.33 bits per heavy atom. The number of methoxy groups -OCH3 is 1. The van der Waals surface area contributed by atoms with E-state index in [1.165, 1.54) is 11.7 Å². The van der Waals surface area contributed by atoms with E-state index < -0.39 is 11.7 Å². The number of aryl methyl sites for hydroxylation is 1. The first-order valence-corrected chi connectivity index (χ1v) is 11.4. The number of esters is 1. The monoisotopic (exact) mass is 486 g/mol. The van der Waals surface area contributed by atoms with Crippen molar-refractivity contribution in [2.45, 2.75) is 19.5 Å². The van der Waals surface area contributed by atoms with Gasteiger partial charge in [-0.25, -0.2) is 9.59 Å². The zero-order chi connectivity index (χ0) is 25.2. The van der Waals surface area contributed by atoms with Gasteiger partial charge in [-0.05, 0) is 48.4 Å². The number of hydrogen-bond acceptors (Lipinski definition) is 7. The molecule has 0 saturated heterocycles. The summed E-state index contributed by atoms with van der Waals surface area (Å²) < 4.78 is 17.4. The van der Waals surface area contributed by atoms with Gasteiger partial charge in [0.1, 0.15) is 11.3 Å². The van der Waals surface area contributed by atoms with E-state index in [0.29, 0.717) is 46.5 Å². The minimum atomic E-state index is -0.611. The number of hydrogen-bond donors (Lipinski definition) is 0. The molecule has 5 rings (SSSR count). The van der Waals surface area contributed by atoms with Crippen molar-refractivity contribution < 1.29 is 28.3 Å². The first-order valence-electron chi connectivity index (χ1n) is 11.4. The maximum absolute atomic E-state index is 12.8. The van der Waals surface area contributed by atoms with Gasteiger partial charge in [-0.1, -0.05) is 30.3 Å². The molecular formula is C27H22N2O7. The summed E-state index contributed by atoms with van der Waals surface area (Å²) in [4.78, 5) is 51.4. The predicted molar refractivity (Wildman–Crippen MR) is 129 cm³/mol. The molecule has 0 N–H and O–H groups in total. The lowest BCUT2D eigenvalue weighted by Gasteiger charge is -2.16. The molecule has 1 aromatic heterocycles. The van der Waals surface area contributed by atoms with Crippen LogP contribution in [-0.2, 0) is 17.8 Å². The molecule has 2 amide bonds. The molecule has 0 radical (unpaired) electrons. The van der Waals surface area contributed by atoms with Gasteiger partial charge < -0.3 is 13.9 Å². The first kappa shape index (κ1) is 23.1. The number of benzene rings is 3. The summed E-state index contributed by atoms with van der Waals surface area (Å²) in [5.74, 6) is -1.52. The van der Waals surface area contributed by atoms with Gasteiger partial charge in [-0.15, -0.1) is 0 Å². The van der Waals surface area contributed by atoms with E-state index in [-0.39, 0.29) is 30.5 Å². The fourth-order valence-corrected chi connectivity index (χ4v) is 4.27. The van der Waals surface area contributed by atoms with Crippen LogP contribution in [0.2, 0.25) is 0 Å². The van der Waals surface area contributed by atoms with Crippen molar-refractivity contribution >= 4 is 28.9 Å². The third kappa shape index (κ3) is 4.15. The summed E-state index contributed by atoms with van der Waals surface area (Å²) in [6.45, 7) is 0.393. The number of rotatable bonds is 8. The molecule has 182 valence electrons. The Bertz CT molecular complexity index is 1510. The van der Waals surface area contributed by atoms with Crippen LogP contribution in [0.4, 0.5) is 0 Å². The SMILES string of the molecule is COc1ccc(CN2C(=O)c3ccccc3C2=O)cc1C(=O)OCCCn1c(=O)oc2ccccc21. The molecule has 4 aromatic rings. The summed E-state index contributed by atoms with van der Waals surface area (Å²) in [5.41, 5.74) is 2.65. The van der Waals surface area contributed by atoms with Crippen molar-refractivity contribution in [2.75, 3.05) is 13.7 Å². The number of carbonyl (C=O) groups is 3. The number of amides is 2. The molecule has 9 heteroatoms. The highest BCUT2D eigenvalue weighted by molar-refractivity contribution is 6.21. The molecule has 0 atom stereocenters. The second-order valence-corrected chi connectivity index (χ2v) is 8.25. The van der Waals surface area contributed by atoms with Crippen LogP contribution in [0.3, 0.4) is 0 Å². The van der Waals surface area contributed by atoms with Gasteiger partial charge in [0.2, 0.25) is 0 Å². The highest BCUT2D eigenvalue weighted by atomic mass is 16.5. The van der Waals surface area contributed by atoms with E-state index in [2.05, 4.69) is 0 Å². The van der Waals surface area contributed by atoms with E-state index in [9.17, 15) is 19.2 Å². The molecule has 0 unspecified atom stereocenters. The lowest BCUT2D eigenvalue weighted by molar-refractivity contribution is 0.0492. The Balaban J connectivity index is 1.25. The molecule has 3 aromatic carbocycles. The fourth-order valence-electron chi connectivity index (χ4n) is 4.27. The molecule has 0 fully saturated rings. The Labute approximate surface area is 205 Å². The second kappa shape index (κ2) is 9.53. The lowest BCUT2D eigenvalue weighted by atomic mass is 10.1. The summed E-state index contributed by atoms with van der Waals surface area (Å²) in [5, 5.41) is 0. The minimum absolute atomic E-state index is 0.00705. The van der Waals surface area contributed by atoms with Crippen LogP contribution in [0.25, 0.3) is 11.1 Å². The highest BCUT2D eigenvalue weighted by Gasteiger charge is 2.35. The van der Waals surface area contributed by atoms with E-state index in [0.717, 1.165) is 4.90 Å². The highest BCUT2D eigenvalue weighted by Crippen LogP contribution is 2.27. The third-order valence-corrected chi connectivity index (χ3v) is 6.04. The summed E-state index contributed by atoms with van der Waals surface area (Å²) >= 11 is 0. The van der Waals surface area contributed by atoms with Crippen LogP contribution < -0.4 is 10.5 Å². The second-order valence-electron chi connectivity index (χ2n) is 8.25. The van der Waals surface area contributed by atoms with Crippen molar-refractivity contribution in [3.05, 3.63) is 99.5 Å². The van der Waals surface area contributed by atoms with Crippen LogP contribution in [0.5, 0.6) is 5.75 Å². The number of oxazole rings is 1. The average Bonchev–Trinajstić information content (AvgIpc) is 3.34. The maximum Gasteiger partial charge on any atom is 0.419 e. The van der Waals surface area contributed by atoms with Crippen molar-refractivity contribution in [2.24, 2.45) is 0 Å². The maximum atomic E-state index is 12.8. The van der Waals surface area contributed by atoms with Gasteiger partial charge >= 0.3 is 11.7 Å². The summed E-state index contributed by atoms with van der Waals surface area (Å²) in [6.07, 6.45) is 0.395. The van der Waals surface area contributed by atoms with Gasteiger partial charge in [0.15, 0.2) is 5.58 Å². The first-order chi connectivity index (χ1) is 17.5. The van der Waals surface area contributed by atoms with Gasteiger partial charge in [0.25, 0.3) is 11.8 Å². The van der Waals surface area contributed by atoms with Crippen molar-refractivity contribution in [3.8, 4) is 5.75 Å². The number of fused-ring (bicyclic) bond motifs is 2. The number of carbonyl (C=O) groups excluding carboxylic acids is 3. The topological polar surface area (TPSA) is 108 Å². The van der Waals surface area contributed by atoms with Crippen LogP contribution in [0, 0.1) is 0 Å². The zero-order valence-electron chi connectivity index (χ0n) is 19.4. The average molecular weight is 486 g/mol. The molecule has 9 nitrogen and oxygen atoms in total. The number of ether oxygens (including phenoxy) is 2. The van der Waals surface area contributed by atoms with Crippen LogP contribution in [0.1, 0.15) is 43.1 Å². The van der Waals surface area contributed by atoms with Crippen molar-refractivity contribution in [1.29, 1.82) is 0 Å².